The zero-order valence-electron chi connectivity index (χ0n) is 8.98. The molecule has 0 radical (unpaired) electrons. The molecule has 1 N–H and O–H groups in total. The molecule has 0 aliphatic heterocycles. The number of allylic oxidation sites excluding steroid dienone is 1. The van der Waals surface area contributed by atoms with Crippen molar-refractivity contribution in [3.8, 4) is 0 Å². The van der Waals surface area contributed by atoms with Crippen LogP contribution in [0.25, 0.3) is 0 Å². The number of quaternary nitrogens is 1. The number of halogens is 1. The molecule has 0 aromatic rings. The molecule has 80 valence electrons. The second kappa shape index (κ2) is 11.5. The maximum Gasteiger partial charge on any atom is 0.0668 e. The van der Waals surface area contributed by atoms with Gasteiger partial charge in [-0.25, -0.2) is 0 Å². The molecule has 0 heterocycles. The number of hydrogen-bond acceptors (Lipinski definition) is 2. The first-order valence-corrected chi connectivity index (χ1v) is 4.06. The summed E-state index contributed by atoms with van der Waals surface area (Å²) in [5, 5.41) is 9.91. The fourth-order valence-electron chi connectivity index (χ4n) is 0.390. The molecular formula is C9H19ClNO2-. The molecule has 3 nitrogen and oxygen atoms in total. The minimum atomic E-state index is -1.08. The van der Waals surface area contributed by atoms with Crippen LogP contribution in [0.2, 0.25) is 0 Å². The molecule has 4 heteroatoms. The molecule has 0 rings (SSSR count). The fraction of sp³-hybridized carbons (Fsp3) is 0.667. The largest absolute Gasteiger partial charge is 1.00 e. The standard InChI is InChI=1S/C6H10O2.C3H9N.ClH/c1-3-4-5(2)6(7)8;1-4(2)3;/h4H,3H2,1-2H3,(H,7,8);1-3H3;1H/p-1. The number of nitrogens with one attached hydrogen (secondary N) is 1. The van der Waals surface area contributed by atoms with Gasteiger partial charge in [0.05, 0.1) is 27.1 Å². The van der Waals surface area contributed by atoms with Crippen LogP contribution in [-0.2, 0) is 4.79 Å². The number of carbonyl (C=O) groups is 1. The molecule has 0 spiro atoms. The molecule has 0 aromatic heterocycles. The van der Waals surface area contributed by atoms with Crippen molar-refractivity contribution in [3.05, 3.63) is 11.6 Å². The second-order valence-corrected chi connectivity index (χ2v) is 3.08. The van der Waals surface area contributed by atoms with Crippen molar-refractivity contribution in [2.45, 2.75) is 20.3 Å². The highest BCUT2D eigenvalue weighted by molar-refractivity contribution is 5.83. The van der Waals surface area contributed by atoms with E-state index < -0.39 is 5.97 Å². The van der Waals surface area contributed by atoms with Crippen LogP contribution in [0.4, 0.5) is 0 Å². The highest BCUT2D eigenvalue weighted by Gasteiger charge is 1.83. The third-order valence-electron chi connectivity index (χ3n) is 0.832. The lowest BCUT2D eigenvalue weighted by Crippen LogP contribution is -3.02. The quantitative estimate of drug-likeness (QED) is 0.469. The third-order valence-corrected chi connectivity index (χ3v) is 0.832. The molecular weight excluding hydrogens is 190 g/mol. The van der Waals surface area contributed by atoms with Crippen molar-refractivity contribution >= 4 is 5.97 Å². The molecule has 0 aromatic carbocycles. The molecule has 0 saturated heterocycles. The topological polar surface area (TPSA) is 44.6 Å². The van der Waals surface area contributed by atoms with Gasteiger partial charge in [0, 0.05) is 0 Å². The number of hydrogen-bond donors (Lipinski definition) is 1. The molecule has 0 amide bonds. The predicted octanol–water partition coefficient (Wildman–Crippen LogP) is -4.14. The van der Waals surface area contributed by atoms with E-state index in [-0.39, 0.29) is 12.4 Å². The lowest BCUT2D eigenvalue weighted by molar-refractivity contribution is -0.836. The van der Waals surface area contributed by atoms with Crippen LogP contribution < -0.4 is 22.4 Å². The summed E-state index contributed by atoms with van der Waals surface area (Å²) >= 11 is 0. The van der Waals surface area contributed by atoms with Crippen molar-refractivity contribution in [2.24, 2.45) is 0 Å². The van der Waals surface area contributed by atoms with Crippen LogP contribution in [0, 0.1) is 0 Å². The van der Waals surface area contributed by atoms with Crippen LogP contribution in [0.15, 0.2) is 11.6 Å². The third kappa shape index (κ3) is 24.6. The van der Waals surface area contributed by atoms with Gasteiger partial charge in [-0.05, 0) is 18.9 Å². The van der Waals surface area contributed by atoms with E-state index >= 15 is 0 Å². The van der Waals surface area contributed by atoms with E-state index in [4.69, 9.17) is 0 Å². The van der Waals surface area contributed by atoms with E-state index in [1.165, 1.54) is 11.8 Å². The van der Waals surface area contributed by atoms with E-state index in [2.05, 4.69) is 21.1 Å². The number of carbonyl (C=O) groups excluding carboxylic acids is 1. The van der Waals surface area contributed by atoms with Gasteiger partial charge in [0.15, 0.2) is 0 Å². The Balaban J connectivity index is -0.000000173. The molecule has 0 unspecified atom stereocenters. The Morgan fingerprint density at radius 3 is 1.77 bits per heavy atom. The van der Waals surface area contributed by atoms with E-state index in [0.29, 0.717) is 5.57 Å². The summed E-state index contributed by atoms with van der Waals surface area (Å²) in [4.78, 5) is 11.3. The summed E-state index contributed by atoms with van der Waals surface area (Å²) < 4.78 is 0. The Morgan fingerprint density at radius 2 is 1.69 bits per heavy atom. The van der Waals surface area contributed by atoms with Crippen molar-refractivity contribution in [1.82, 2.24) is 0 Å². The van der Waals surface area contributed by atoms with Crippen molar-refractivity contribution in [2.75, 3.05) is 21.1 Å². The van der Waals surface area contributed by atoms with Crippen molar-refractivity contribution in [3.63, 3.8) is 0 Å². The first-order valence-electron chi connectivity index (χ1n) is 4.06. The first kappa shape index (κ1) is 18.3. The maximum atomic E-state index is 9.91. The molecule has 0 saturated carbocycles. The molecule has 0 bridgehead atoms. The van der Waals surface area contributed by atoms with Gasteiger partial charge < -0.3 is 27.2 Å². The van der Waals surface area contributed by atoms with Gasteiger partial charge in [0.25, 0.3) is 0 Å². The highest BCUT2D eigenvalue weighted by Crippen LogP contribution is 1.90. The average molecular weight is 209 g/mol. The van der Waals surface area contributed by atoms with Gasteiger partial charge in [0.1, 0.15) is 0 Å². The van der Waals surface area contributed by atoms with Crippen LogP contribution in [0.1, 0.15) is 20.3 Å². The number of rotatable bonds is 2. The summed E-state index contributed by atoms with van der Waals surface area (Å²) in [6.07, 6.45) is 2.37. The lowest BCUT2D eigenvalue weighted by Gasteiger charge is -1.97. The Hall–Kier alpha value is -0.540. The van der Waals surface area contributed by atoms with E-state index in [1.807, 2.05) is 6.92 Å². The highest BCUT2D eigenvalue weighted by atomic mass is 35.5. The molecule has 0 aliphatic rings. The normalized spacial score (nSPS) is 9.85. The smallest absolute Gasteiger partial charge is 0.0668 e. The number of carboxylic acid groups (broad SMARTS) is 1. The Bertz CT molecular complexity index is 153. The van der Waals surface area contributed by atoms with Gasteiger partial charge in [-0.15, -0.1) is 0 Å². The van der Waals surface area contributed by atoms with Gasteiger partial charge in [-0.2, -0.15) is 0 Å². The summed E-state index contributed by atoms with van der Waals surface area (Å²) in [6.45, 7) is 3.41. The Labute approximate surface area is 86.8 Å². The second-order valence-electron chi connectivity index (χ2n) is 3.08. The zero-order valence-corrected chi connectivity index (χ0v) is 9.73. The van der Waals surface area contributed by atoms with Crippen molar-refractivity contribution < 1.29 is 27.2 Å². The number of aliphatic carboxylic acids is 1. The minimum absolute atomic E-state index is 0. The molecule has 0 aliphatic carbocycles. The Morgan fingerprint density at radius 1 is 1.38 bits per heavy atom. The van der Waals surface area contributed by atoms with E-state index in [9.17, 15) is 9.90 Å². The summed E-state index contributed by atoms with van der Waals surface area (Å²) in [5.74, 6) is -1.08. The van der Waals surface area contributed by atoms with Crippen LogP contribution >= 0.6 is 0 Å². The van der Waals surface area contributed by atoms with Gasteiger partial charge >= 0.3 is 0 Å². The molecule has 13 heavy (non-hydrogen) atoms. The zero-order chi connectivity index (χ0) is 10.1. The van der Waals surface area contributed by atoms with Crippen LogP contribution in [0.3, 0.4) is 0 Å². The minimum Gasteiger partial charge on any atom is -1.00 e. The Kier molecular flexibility index (Phi) is 16.1. The van der Waals surface area contributed by atoms with Crippen LogP contribution in [0.5, 0.6) is 0 Å². The van der Waals surface area contributed by atoms with Gasteiger partial charge in [0.2, 0.25) is 0 Å². The SMILES string of the molecule is CCC=C(C)C(=O)[O-].C[NH+](C)C.[Cl-]. The summed E-state index contributed by atoms with van der Waals surface area (Å²) in [7, 11) is 6.25. The summed E-state index contributed by atoms with van der Waals surface area (Å²) in [5.41, 5.74) is 0.313. The number of carboxylic acids is 1. The van der Waals surface area contributed by atoms with Crippen molar-refractivity contribution in [1.29, 1.82) is 0 Å². The fourth-order valence-corrected chi connectivity index (χ4v) is 0.390. The summed E-state index contributed by atoms with van der Waals surface area (Å²) in [6, 6.07) is 0. The first-order chi connectivity index (χ1) is 5.41. The van der Waals surface area contributed by atoms with E-state index in [1.54, 1.807) is 6.08 Å². The maximum absolute atomic E-state index is 9.91. The van der Waals surface area contributed by atoms with Gasteiger partial charge in [-0.1, -0.05) is 13.0 Å². The average Bonchev–Trinajstić information content (AvgIpc) is 1.86. The van der Waals surface area contributed by atoms with E-state index in [0.717, 1.165) is 6.42 Å². The molecule has 0 atom stereocenters. The lowest BCUT2D eigenvalue weighted by atomic mass is 10.2. The predicted molar refractivity (Wildman–Crippen MR) is 47.8 cm³/mol. The molecule has 0 fully saturated rings. The van der Waals surface area contributed by atoms with Gasteiger partial charge in [-0.3, -0.25) is 0 Å². The monoisotopic (exact) mass is 208 g/mol. The van der Waals surface area contributed by atoms with Crippen LogP contribution in [-0.4, -0.2) is 27.1 Å².